The molecule has 1 aromatic heterocycles. The highest BCUT2D eigenvalue weighted by molar-refractivity contribution is 7.80. The fourth-order valence-corrected chi connectivity index (χ4v) is 2.34. The predicted molar refractivity (Wildman–Crippen MR) is 86.8 cm³/mol. The second-order valence-corrected chi connectivity index (χ2v) is 5.20. The molecule has 2 aromatic rings. The lowest BCUT2D eigenvalue weighted by Crippen LogP contribution is -2.37. The highest BCUT2D eigenvalue weighted by Gasteiger charge is 2.25. The summed E-state index contributed by atoms with van der Waals surface area (Å²) < 4.78 is 0. The zero-order chi connectivity index (χ0) is 15.2. The number of rotatable bonds is 5. The van der Waals surface area contributed by atoms with Crippen LogP contribution in [0.5, 0.6) is 0 Å². The van der Waals surface area contributed by atoms with Crippen LogP contribution in [0.15, 0.2) is 54.7 Å². The average molecular weight is 299 g/mol. The van der Waals surface area contributed by atoms with Gasteiger partial charge >= 0.3 is 0 Å². The molecular formula is C16H17N3OS. The summed E-state index contributed by atoms with van der Waals surface area (Å²) in [5, 5.41) is 2.91. The molecule has 3 N–H and O–H groups in total. The van der Waals surface area contributed by atoms with E-state index >= 15 is 0 Å². The van der Waals surface area contributed by atoms with Gasteiger partial charge in [-0.1, -0.05) is 48.6 Å². The Morgan fingerprint density at radius 3 is 2.43 bits per heavy atom. The van der Waals surface area contributed by atoms with Crippen molar-refractivity contribution < 1.29 is 4.79 Å². The van der Waals surface area contributed by atoms with Gasteiger partial charge in [0.25, 0.3) is 0 Å². The largest absolute Gasteiger partial charge is 0.392 e. The monoisotopic (exact) mass is 299 g/mol. The van der Waals surface area contributed by atoms with Gasteiger partial charge in [0.1, 0.15) is 5.92 Å². The fourth-order valence-electron chi connectivity index (χ4n) is 2.09. The van der Waals surface area contributed by atoms with E-state index in [-0.39, 0.29) is 16.9 Å². The highest BCUT2D eigenvalue weighted by atomic mass is 32.1. The first-order chi connectivity index (χ1) is 10.1. The molecule has 2 rings (SSSR count). The van der Waals surface area contributed by atoms with E-state index < -0.39 is 5.92 Å². The SMILES string of the molecule is CC(NC(=O)C(C(N)=S)c1ccccc1)c1ccccn1. The normalized spacial score (nSPS) is 13.2. The van der Waals surface area contributed by atoms with Crippen molar-refractivity contribution in [3.63, 3.8) is 0 Å². The minimum absolute atomic E-state index is 0.159. The Morgan fingerprint density at radius 2 is 1.86 bits per heavy atom. The van der Waals surface area contributed by atoms with E-state index in [1.54, 1.807) is 6.20 Å². The van der Waals surface area contributed by atoms with Crippen LogP contribution in [0, 0.1) is 0 Å². The van der Waals surface area contributed by atoms with Gasteiger partial charge in [0.05, 0.1) is 16.7 Å². The molecule has 1 aromatic carbocycles. The Balaban J connectivity index is 2.15. The van der Waals surface area contributed by atoms with E-state index in [2.05, 4.69) is 10.3 Å². The number of pyridine rings is 1. The molecule has 1 amide bonds. The number of carbonyl (C=O) groups excluding carboxylic acids is 1. The third-order valence-corrected chi connectivity index (χ3v) is 3.41. The molecule has 0 saturated heterocycles. The molecule has 0 spiro atoms. The van der Waals surface area contributed by atoms with Gasteiger partial charge < -0.3 is 11.1 Å². The van der Waals surface area contributed by atoms with Crippen molar-refractivity contribution in [3.05, 3.63) is 66.0 Å². The summed E-state index contributed by atoms with van der Waals surface area (Å²) in [5.74, 6) is -0.848. The van der Waals surface area contributed by atoms with E-state index in [0.717, 1.165) is 11.3 Å². The quantitative estimate of drug-likeness (QED) is 0.832. The van der Waals surface area contributed by atoms with Gasteiger partial charge in [-0.15, -0.1) is 0 Å². The Hall–Kier alpha value is -2.27. The maximum absolute atomic E-state index is 12.5. The summed E-state index contributed by atoms with van der Waals surface area (Å²) >= 11 is 5.05. The number of hydrogen-bond acceptors (Lipinski definition) is 3. The van der Waals surface area contributed by atoms with Crippen LogP contribution in [0.3, 0.4) is 0 Å². The molecule has 21 heavy (non-hydrogen) atoms. The second-order valence-electron chi connectivity index (χ2n) is 4.73. The zero-order valence-corrected chi connectivity index (χ0v) is 12.5. The summed E-state index contributed by atoms with van der Waals surface area (Å²) in [7, 11) is 0. The van der Waals surface area contributed by atoms with Crippen molar-refractivity contribution >= 4 is 23.1 Å². The zero-order valence-electron chi connectivity index (χ0n) is 11.7. The number of nitrogens with zero attached hydrogens (tertiary/aromatic N) is 1. The minimum Gasteiger partial charge on any atom is -0.392 e. The Morgan fingerprint density at radius 1 is 1.19 bits per heavy atom. The van der Waals surface area contributed by atoms with E-state index in [0.29, 0.717) is 0 Å². The van der Waals surface area contributed by atoms with Crippen molar-refractivity contribution in [1.29, 1.82) is 0 Å². The number of nitrogens with one attached hydrogen (secondary N) is 1. The van der Waals surface area contributed by atoms with Crippen molar-refractivity contribution in [2.75, 3.05) is 0 Å². The van der Waals surface area contributed by atoms with E-state index in [9.17, 15) is 4.79 Å². The lowest BCUT2D eigenvalue weighted by atomic mass is 9.97. The third-order valence-electron chi connectivity index (χ3n) is 3.17. The fraction of sp³-hybridized carbons (Fsp3) is 0.188. The smallest absolute Gasteiger partial charge is 0.234 e. The molecular weight excluding hydrogens is 282 g/mol. The molecule has 0 radical (unpaired) electrons. The van der Waals surface area contributed by atoms with Crippen molar-refractivity contribution in [2.24, 2.45) is 5.73 Å². The maximum atomic E-state index is 12.5. The summed E-state index contributed by atoms with van der Waals surface area (Å²) in [6, 6.07) is 14.7. The summed E-state index contributed by atoms with van der Waals surface area (Å²) in [5.41, 5.74) is 7.32. The number of carbonyl (C=O) groups is 1. The molecule has 0 aliphatic heterocycles. The first-order valence-corrected chi connectivity index (χ1v) is 7.06. The highest BCUT2D eigenvalue weighted by Crippen LogP contribution is 2.18. The van der Waals surface area contributed by atoms with Crippen molar-refractivity contribution in [1.82, 2.24) is 10.3 Å². The molecule has 0 fully saturated rings. The number of benzene rings is 1. The Kier molecular flexibility index (Phi) is 5.00. The van der Waals surface area contributed by atoms with Crippen LogP contribution in [0.25, 0.3) is 0 Å². The van der Waals surface area contributed by atoms with Crippen LogP contribution in [-0.4, -0.2) is 15.9 Å². The molecule has 0 saturated carbocycles. The first kappa shape index (κ1) is 15.1. The number of aromatic nitrogens is 1. The standard InChI is InChI=1S/C16H17N3OS/c1-11(13-9-5-6-10-18-13)19-16(20)14(15(17)21)12-7-3-2-4-8-12/h2-11,14H,1H3,(H2,17,21)(H,19,20). The van der Waals surface area contributed by atoms with Crippen LogP contribution in [0.4, 0.5) is 0 Å². The molecule has 4 nitrogen and oxygen atoms in total. The molecule has 5 heteroatoms. The molecule has 1 heterocycles. The van der Waals surface area contributed by atoms with Gasteiger partial charge in [-0.05, 0) is 24.6 Å². The second kappa shape index (κ2) is 6.95. The van der Waals surface area contributed by atoms with Gasteiger partial charge in [0.2, 0.25) is 5.91 Å². The van der Waals surface area contributed by atoms with Crippen LogP contribution in [0.1, 0.15) is 30.1 Å². The summed E-state index contributed by atoms with van der Waals surface area (Å²) in [6.45, 7) is 1.88. The van der Waals surface area contributed by atoms with E-state index in [1.807, 2.05) is 55.5 Å². The van der Waals surface area contributed by atoms with Gasteiger partial charge in [0.15, 0.2) is 0 Å². The number of nitrogens with two attached hydrogens (primary N) is 1. The number of amides is 1. The summed E-state index contributed by atoms with van der Waals surface area (Å²) in [6.07, 6.45) is 1.69. The van der Waals surface area contributed by atoms with Crippen molar-refractivity contribution in [3.8, 4) is 0 Å². The van der Waals surface area contributed by atoms with Crippen LogP contribution >= 0.6 is 12.2 Å². The van der Waals surface area contributed by atoms with E-state index in [1.165, 1.54) is 0 Å². The van der Waals surface area contributed by atoms with Crippen molar-refractivity contribution in [2.45, 2.75) is 18.9 Å². The van der Waals surface area contributed by atoms with Crippen LogP contribution < -0.4 is 11.1 Å². The molecule has 2 unspecified atom stereocenters. The molecule has 0 bridgehead atoms. The first-order valence-electron chi connectivity index (χ1n) is 6.65. The maximum Gasteiger partial charge on any atom is 0.234 e. The average Bonchev–Trinajstić information content (AvgIpc) is 2.49. The van der Waals surface area contributed by atoms with E-state index in [4.69, 9.17) is 18.0 Å². The van der Waals surface area contributed by atoms with Gasteiger partial charge in [-0.25, -0.2) is 0 Å². The van der Waals surface area contributed by atoms with Gasteiger partial charge in [-0.3, -0.25) is 9.78 Å². The molecule has 2 atom stereocenters. The number of hydrogen-bond donors (Lipinski definition) is 2. The minimum atomic E-state index is -0.632. The molecule has 108 valence electrons. The Labute approximate surface area is 129 Å². The lowest BCUT2D eigenvalue weighted by Gasteiger charge is -2.19. The number of thiocarbonyl (C=S) groups is 1. The topological polar surface area (TPSA) is 68.0 Å². The predicted octanol–water partition coefficient (Wildman–Crippen LogP) is 2.33. The third kappa shape index (κ3) is 3.86. The van der Waals surface area contributed by atoms with Crippen LogP contribution in [-0.2, 0) is 4.79 Å². The van der Waals surface area contributed by atoms with Gasteiger partial charge in [-0.2, -0.15) is 0 Å². The molecule has 0 aliphatic rings. The molecule has 0 aliphatic carbocycles. The Bertz CT molecular complexity index is 616. The lowest BCUT2D eigenvalue weighted by molar-refractivity contribution is -0.121. The summed E-state index contributed by atoms with van der Waals surface area (Å²) in [4.78, 5) is 16.9. The van der Waals surface area contributed by atoms with Gasteiger partial charge in [0, 0.05) is 6.20 Å². The van der Waals surface area contributed by atoms with Crippen LogP contribution in [0.2, 0.25) is 0 Å².